The molecule has 2 rings (SSSR count). The fourth-order valence-corrected chi connectivity index (χ4v) is 3.37. The number of alkyl halides is 2. The highest BCUT2D eigenvalue weighted by Crippen LogP contribution is 2.40. The van der Waals surface area contributed by atoms with Crippen LogP contribution in [0.4, 0.5) is 8.78 Å². The molecule has 0 radical (unpaired) electrons. The van der Waals surface area contributed by atoms with Crippen LogP contribution in [0.1, 0.15) is 31.2 Å². The first kappa shape index (κ1) is 13.8. The zero-order chi connectivity index (χ0) is 13.0. The second-order valence-corrected chi connectivity index (χ2v) is 6.01. The third-order valence-corrected chi connectivity index (χ3v) is 4.82. The second kappa shape index (κ2) is 6.02. The van der Waals surface area contributed by atoms with Crippen LogP contribution in [0.5, 0.6) is 0 Å². The van der Waals surface area contributed by atoms with E-state index in [4.69, 9.17) is 5.73 Å². The number of halogens is 2. The van der Waals surface area contributed by atoms with E-state index in [0.29, 0.717) is 6.54 Å². The highest BCUT2D eigenvalue weighted by molar-refractivity contribution is 7.99. The molecule has 1 saturated carbocycles. The van der Waals surface area contributed by atoms with Gasteiger partial charge in [-0.15, -0.1) is 11.8 Å². The standard InChI is InChI=1S/C14H19F2NS/c15-13(16)9-18-12-5-3-11(4-6-12)14(10-17)7-1-2-8-14/h3-6,13H,1-2,7-10,17H2. The van der Waals surface area contributed by atoms with Gasteiger partial charge in [-0.2, -0.15) is 0 Å². The number of nitrogens with two attached hydrogens (primary N) is 1. The van der Waals surface area contributed by atoms with Crippen LogP contribution in [-0.2, 0) is 5.41 Å². The van der Waals surface area contributed by atoms with E-state index >= 15 is 0 Å². The molecule has 1 aromatic rings. The zero-order valence-corrected chi connectivity index (χ0v) is 11.2. The van der Waals surface area contributed by atoms with E-state index in [0.717, 1.165) is 17.7 Å². The van der Waals surface area contributed by atoms with Crippen molar-refractivity contribution in [3.8, 4) is 0 Å². The van der Waals surface area contributed by atoms with E-state index < -0.39 is 6.43 Å². The van der Waals surface area contributed by atoms with Crippen molar-refractivity contribution < 1.29 is 8.78 Å². The van der Waals surface area contributed by atoms with Crippen molar-refractivity contribution in [1.82, 2.24) is 0 Å². The lowest BCUT2D eigenvalue weighted by Gasteiger charge is -2.28. The molecule has 0 saturated heterocycles. The van der Waals surface area contributed by atoms with Crippen LogP contribution in [0.15, 0.2) is 29.2 Å². The summed E-state index contributed by atoms with van der Waals surface area (Å²) in [6.07, 6.45) is 2.51. The van der Waals surface area contributed by atoms with Crippen molar-refractivity contribution in [2.45, 2.75) is 42.4 Å². The summed E-state index contributed by atoms with van der Waals surface area (Å²) < 4.78 is 24.2. The second-order valence-electron chi connectivity index (χ2n) is 4.92. The quantitative estimate of drug-likeness (QED) is 0.824. The molecule has 0 aliphatic heterocycles. The molecular formula is C14H19F2NS. The summed E-state index contributed by atoms with van der Waals surface area (Å²) in [6.45, 7) is 0.677. The number of thioether (sulfide) groups is 1. The number of benzene rings is 1. The van der Waals surface area contributed by atoms with Gasteiger partial charge in [0, 0.05) is 16.9 Å². The highest BCUT2D eigenvalue weighted by Gasteiger charge is 2.33. The van der Waals surface area contributed by atoms with E-state index in [1.807, 2.05) is 12.1 Å². The molecule has 0 aromatic heterocycles. The molecule has 0 atom stereocenters. The summed E-state index contributed by atoms with van der Waals surface area (Å²) >= 11 is 1.21. The SMILES string of the molecule is NCC1(c2ccc(SCC(F)F)cc2)CCCC1. The van der Waals surface area contributed by atoms with Crippen LogP contribution >= 0.6 is 11.8 Å². The summed E-state index contributed by atoms with van der Waals surface area (Å²) in [6, 6.07) is 8.01. The molecule has 4 heteroatoms. The Morgan fingerprint density at radius 2 is 1.78 bits per heavy atom. The van der Waals surface area contributed by atoms with E-state index in [9.17, 15) is 8.78 Å². The predicted octanol–water partition coefficient (Wildman–Crippen LogP) is 3.81. The molecular weight excluding hydrogens is 252 g/mol. The van der Waals surface area contributed by atoms with Crippen LogP contribution in [0.3, 0.4) is 0 Å². The minimum atomic E-state index is -2.25. The lowest BCUT2D eigenvalue weighted by molar-refractivity contribution is 0.177. The molecule has 0 unspecified atom stereocenters. The van der Waals surface area contributed by atoms with Gasteiger partial charge in [-0.1, -0.05) is 25.0 Å². The molecule has 2 N–H and O–H groups in total. The Labute approximate surface area is 111 Å². The van der Waals surface area contributed by atoms with E-state index in [1.165, 1.54) is 30.2 Å². The van der Waals surface area contributed by atoms with Gasteiger partial charge in [0.25, 0.3) is 0 Å². The van der Waals surface area contributed by atoms with Gasteiger partial charge < -0.3 is 5.73 Å². The zero-order valence-electron chi connectivity index (χ0n) is 10.4. The van der Waals surface area contributed by atoms with Crippen molar-refractivity contribution in [2.75, 3.05) is 12.3 Å². The molecule has 0 bridgehead atoms. The maximum atomic E-state index is 12.1. The monoisotopic (exact) mass is 271 g/mol. The first-order valence-corrected chi connectivity index (χ1v) is 7.36. The molecule has 0 spiro atoms. The van der Waals surface area contributed by atoms with Gasteiger partial charge in [0.05, 0.1) is 5.75 Å². The van der Waals surface area contributed by atoms with Gasteiger partial charge in [0.2, 0.25) is 6.43 Å². The number of rotatable bonds is 5. The predicted molar refractivity (Wildman–Crippen MR) is 72.4 cm³/mol. The van der Waals surface area contributed by atoms with Crippen molar-refractivity contribution in [1.29, 1.82) is 0 Å². The fourth-order valence-electron chi connectivity index (χ4n) is 2.73. The normalized spacial score (nSPS) is 18.4. The van der Waals surface area contributed by atoms with E-state index in [2.05, 4.69) is 12.1 Å². The lowest BCUT2D eigenvalue weighted by atomic mass is 9.79. The number of hydrogen-bond donors (Lipinski definition) is 1. The summed E-state index contributed by atoms with van der Waals surface area (Å²) in [5.41, 5.74) is 7.33. The maximum absolute atomic E-state index is 12.1. The van der Waals surface area contributed by atoms with Crippen molar-refractivity contribution in [3.63, 3.8) is 0 Å². The summed E-state index contributed by atoms with van der Waals surface area (Å²) in [7, 11) is 0. The lowest BCUT2D eigenvalue weighted by Crippen LogP contribution is -2.31. The molecule has 1 aromatic carbocycles. The Kier molecular flexibility index (Phi) is 4.62. The van der Waals surface area contributed by atoms with E-state index in [-0.39, 0.29) is 11.2 Å². The molecule has 1 nitrogen and oxygen atoms in total. The number of hydrogen-bond acceptors (Lipinski definition) is 2. The Morgan fingerprint density at radius 3 is 2.28 bits per heavy atom. The van der Waals surface area contributed by atoms with Crippen molar-refractivity contribution in [3.05, 3.63) is 29.8 Å². The van der Waals surface area contributed by atoms with E-state index in [1.54, 1.807) is 0 Å². The maximum Gasteiger partial charge on any atom is 0.247 e. The Morgan fingerprint density at radius 1 is 1.17 bits per heavy atom. The average Bonchev–Trinajstić information content (AvgIpc) is 2.87. The van der Waals surface area contributed by atoms with Gasteiger partial charge in [0.15, 0.2) is 0 Å². The molecule has 100 valence electrons. The third kappa shape index (κ3) is 3.04. The minimum Gasteiger partial charge on any atom is -0.330 e. The first-order chi connectivity index (χ1) is 8.66. The van der Waals surface area contributed by atoms with Crippen molar-refractivity contribution in [2.24, 2.45) is 5.73 Å². The Hall–Kier alpha value is -0.610. The third-order valence-electron chi connectivity index (χ3n) is 3.79. The Bertz CT molecular complexity index is 372. The smallest absolute Gasteiger partial charge is 0.247 e. The molecule has 18 heavy (non-hydrogen) atoms. The summed E-state index contributed by atoms with van der Waals surface area (Å²) in [4.78, 5) is 0.907. The van der Waals surface area contributed by atoms with Gasteiger partial charge in [-0.05, 0) is 30.5 Å². The van der Waals surface area contributed by atoms with Crippen LogP contribution in [-0.4, -0.2) is 18.7 Å². The van der Waals surface area contributed by atoms with Crippen LogP contribution in [0.2, 0.25) is 0 Å². The average molecular weight is 271 g/mol. The molecule has 0 amide bonds. The van der Waals surface area contributed by atoms with Gasteiger partial charge in [0.1, 0.15) is 0 Å². The van der Waals surface area contributed by atoms with Gasteiger partial charge in [-0.25, -0.2) is 8.78 Å². The van der Waals surface area contributed by atoms with Gasteiger partial charge in [-0.3, -0.25) is 0 Å². The summed E-state index contributed by atoms with van der Waals surface area (Å²) in [5.74, 6) is -0.138. The van der Waals surface area contributed by atoms with Crippen LogP contribution in [0, 0.1) is 0 Å². The Balaban J connectivity index is 2.07. The largest absolute Gasteiger partial charge is 0.330 e. The fraction of sp³-hybridized carbons (Fsp3) is 0.571. The first-order valence-electron chi connectivity index (χ1n) is 6.38. The molecule has 1 fully saturated rings. The summed E-state index contributed by atoms with van der Waals surface area (Å²) in [5, 5.41) is 0. The molecule has 1 aliphatic rings. The minimum absolute atomic E-state index is 0.131. The van der Waals surface area contributed by atoms with Gasteiger partial charge >= 0.3 is 0 Å². The molecule has 1 aliphatic carbocycles. The van der Waals surface area contributed by atoms with Crippen LogP contribution < -0.4 is 5.73 Å². The topological polar surface area (TPSA) is 26.0 Å². The van der Waals surface area contributed by atoms with Crippen LogP contribution in [0.25, 0.3) is 0 Å². The highest BCUT2D eigenvalue weighted by atomic mass is 32.2. The molecule has 0 heterocycles. The van der Waals surface area contributed by atoms with Crippen molar-refractivity contribution >= 4 is 11.8 Å².